The van der Waals surface area contributed by atoms with Crippen LogP contribution in [0.1, 0.15) is 46.5 Å². The Morgan fingerprint density at radius 2 is 1.79 bits per heavy atom. The van der Waals surface area contributed by atoms with Gasteiger partial charge in [-0.05, 0) is 38.3 Å². The van der Waals surface area contributed by atoms with E-state index in [1.807, 2.05) is 0 Å². The van der Waals surface area contributed by atoms with Crippen molar-refractivity contribution in [3.05, 3.63) is 0 Å². The maximum atomic E-state index is 6.21. The van der Waals surface area contributed by atoms with Crippen LogP contribution in [0.5, 0.6) is 0 Å². The molecule has 1 saturated carbocycles. The van der Waals surface area contributed by atoms with Gasteiger partial charge in [-0.1, -0.05) is 27.2 Å². The third kappa shape index (κ3) is 2.71. The van der Waals surface area contributed by atoms with E-state index in [4.69, 9.17) is 5.73 Å². The van der Waals surface area contributed by atoms with E-state index >= 15 is 0 Å². The molecule has 3 unspecified atom stereocenters. The van der Waals surface area contributed by atoms with Crippen molar-refractivity contribution in [2.24, 2.45) is 11.7 Å². The van der Waals surface area contributed by atoms with Gasteiger partial charge in [0, 0.05) is 12.1 Å². The molecule has 0 aromatic heterocycles. The average Bonchev–Trinajstić information content (AvgIpc) is 2.22. The van der Waals surface area contributed by atoms with E-state index in [1.165, 1.54) is 25.7 Å². The molecule has 0 amide bonds. The standard InChI is InChI=1S/C12H26N2/c1-4-10-7-8-11(13)12(9-10)14(5-2)6-3/h10-12H,4-9,13H2,1-3H3. The highest BCUT2D eigenvalue weighted by Crippen LogP contribution is 2.28. The van der Waals surface area contributed by atoms with Crippen LogP contribution in [-0.4, -0.2) is 30.1 Å². The van der Waals surface area contributed by atoms with Crippen LogP contribution in [0.2, 0.25) is 0 Å². The summed E-state index contributed by atoms with van der Waals surface area (Å²) in [6, 6.07) is 1.06. The van der Waals surface area contributed by atoms with Crippen molar-refractivity contribution in [3.63, 3.8) is 0 Å². The first-order valence-electron chi connectivity index (χ1n) is 6.22. The summed E-state index contributed by atoms with van der Waals surface area (Å²) in [4.78, 5) is 2.53. The molecule has 1 aliphatic carbocycles. The smallest absolute Gasteiger partial charge is 0.0249 e. The van der Waals surface area contributed by atoms with Gasteiger partial charge in [0.15, 0.2) is 0 Å². The zero-order valence-corrected chi connectivity index (χ0v) is 10.00. The Morgan fingerprint density at radius 3 is 2.29 bits per heavy atom. The first-order valence-corrected chi connectivity index (χ1v) is 6.22. The first kappa shape index (κ1) is 12.0. The van der Waals surface area contributed by atoms with E-state index in [2.05, 4.69) is 25.7 Å². The Kier molecular flexibility index (Phi) is 4.90. The highest BCUT2D eigenvalue weighted by molar-refractivity contribution is 4.88. The Morgan fingerprint density at radius 1 is 1.14 bits per heavy atom. The number of hydrogen-bond acceptors (Lipinski definition) is 2. The summed E-state index contributed by atoms with van der Waals surface area (Å²) in [5, 5.41) is 0. The maximum Gasteiger partial charge on any atom is 0.0249 e. The predicted molar refractivity (Wildman–Crippen MR) is 62.3 cm³/mol. The van der Waals surface area contributed by atoms with Crippen molar-refractivity contribution in [1.29, 1.82) is 0 Å². The zero-order valence-electron chi connectivity index (χ0n) is 10.00. The molecular weight excluding hydrogens is 172 g/mol. The van der Waals surface area contributed by atoms with E-state index in [-0.39, 0.29) is 0 Å². The fourth-order valence-electron chi connectivity index (χ4n) is 2.74. The van der Waals surface area contributed by atoms with Crippen LogP contribution in [0.25, 0.3) is 0 Å². The van der Waals surface area contributed by atoms with Gasteiger partial charge < -0.3 is 5.73 Å². The molecule has 2 N–H and O–H groups in total. The molecule has 2 nitrogen and oxygen atoms in total. The Balaban J connectivity index is 2.54. The molecule has 1 rings (SSSR count). The van der Waals surface area contributed by atoms with Gasteiger partial charge >= 0.3 is 0 Å². The lowest BCUT2D eigenvalue weighted by atomic mass is 9.80. The summed E-state index contributed by atoms with van der Waals surface area (Å²) in [6.45, 7) is 9.08. The summed E-state index contributed by atoms with van der Waals surface area (Å²) >= 11 is 0. The first-order chi connectivity index (χ1) is 6.72. The van der Waals surface area contributed by atoms with Crippen molar-refractivity contribution in [1.82, 2.24) is 4.90 Å². The summed E-state index contributed by atoms with van der Waals surface area (Å²) in [5.74, 6) is 0.917. The third-order valence-electron chi connectivity index (χ3n) is 3.84. The van der Waals surface area contributed by atoms with E-state index in [0.29, 0.717) is 12.1 Å². The van der Waals surface area contributed by atoms with E-state index in [1.54, 1.807) is 0 Å². The summed E-state index contributed by atoms with van der Waals surface area (Å²) in [7, 11) is 0. The molecule has 1 fully saturated rings. The lowest BCUT2D eigenvalue weighted by Gasteiger charge is -2.40. The number of likely N-dealkylation sites (N-methyl/N-ethyl adjacent to an activating group) is 1. The van der Waals surface area contributed by atoms with Gasteiger partial charge in [-0.15, -0.1) is 0 Å². The van der Waals surface area contributed by atoms with Gasteiger partial charge in [-0.2, -0.15) is 0 Å². The highest BCUT2D eigenvalue weighted by Gasteiger charge is 2.30. The van der Waals surface area contributed by atoms with Crippen LogP contribution in [0, 0.1) is 5.92 Å². The van der Waals surface area contributed by atoms with Crippen LogP contribution in [0.3, 0.4) is 0 Å². The SMILES string of the molecule is CCC1CCC(N)C(N(CC)CC)C1. The van der Waals surface area contributed by atoms with Gasteiger partial charge in [-0.3, -0.25) is 4.90 Å². The van der Waals surface area contributed by atoms with Crippen molar-refractivity contribution < 1.29 is 0 Å². The van der Waals surface area contributed by atoms with Crippen LogP contribution in [0.15, 0.2) is 0 Å². The minimum atomic E-state index is 0.415. The minimum Gasteiger partial charge on any atom is -0.326 e. The second-order valence-electron chi connectivity index (χ2n) is 4.54. The number of rotatable bonds is 4. The topological polar surface area (TPSA) is 29.3 Å². The molecule has 0 aromatic carbocycles. The van der Waals surface area contributed by atoms with Gasteiger partial charge in [0.2, 0.25) is 0 Å². The Bertz CT molecular complexity index is 154. The maximum absolute atomic E-state index is 6.21. The van der Waals surface area contributed by atoms with Gasteiger partial charge in [0.05, 0.1) is 0 Å². The number of hydrogen-bond donors (Lipinski definition) is 1. The molecule has 0 radical (unpaired) electrons. The molecule has 0 heterocycles. The predicted octanol–water partition coefficient (Wildman–Crippen LogP) is 2.23. The molecule has 84 valence electrons. The third-order valence-corrected chi connectivity index (χ3v) is 3.84. The Hall–Kier alpha value is -0.0800. The fourth-order valence-corrected chi connectivity index (χ4v) is 2.74. The molecule has 0 bridgehead atoms. The monoisotopic (exact) mass is 198 g/mol. The lowest BCUT2D eigenvalue weighted by Crippen LogP contribution is -2.51. The van der Waals surface area contributed by atoms with Gasteiger partial charge in [0.25, 0.3) is 0 Å². The second-order valence-corrected chi connectivity index (χ2v) is 4.54. The molecule has 0 saturated heterocycles. The van der Waals surface area contributed by atoms with Crippen LogP contribution in [0.4, 0.5) is 0 Å². The molecule has 1 aliphatic rings. The second kappa shape index (κ2) is 5.72. The van der Waals surface area contributed by atoms with Crippen molar-refractivity contribution in [3.8, 4) is 0 Å². The molecule has 0 aliphatic heterocycles. The van der Waals surface area contributed by atoms with E-state index < -0.39 is 0 Å². The molecule has 14 heavy (non-hydrogen) atoms. The van der Waals surface area contributed by atoms with E-state index in [0.717, 1.165) is 19.0 Å². The van der Waals surface area contributed by atoms with Crippen molar-refractivity contribution in [2.75, 3.05) is 13.1 Å². The number of nitrogens with two attached hydrogens (primary N) is 1. The van der Waals surface area contributed by atoms with Crippen LogP contribution in [-0.2, 0) is 0 Å². The zero-order chi connectivity index (χ0) is 10.6. The minimum absolute atomic E-state index is 0.415. The van der Waals surface area contributed by atoms with Gasteiger partial charge in [-0.25, -0.2) is 0 Å². The highest BCUT2D eigenvalue weighted by atomic mass is 15.2. The lowest BCUT2D eigenvalue weighted by molar-refractivity contribution is 0.120. The normalized spacial score (nSPS) is 33.6. The van der Waals surface area contributed by atoms with Gasteiger partial charge in [0.1, 0.15) is 0 Å². The Labute approximate surface area is 88.8 Å². The molecule has 2 heteroatoms. The van der Waals surface area contributed by atoms with Crippen LogP contribution >= 0.6 is 0 Å². The largest absolute Gasteiger partial charge is 0.326 e. The average molecular weight is 198 g/mol. The molecule has 3 atom stereocenters. The molecule has 0 spiro atoms. The van der Waals surface area contributed by atoms with Crippen molar-refractivity contribution in [2.45, 2.75) is 58.5 Å². The summed E-state index contributed by atoms with van der Waals surface area (Å²) < 4.78 is 0. The molecule has 0 aromatic rings. The fraction of sp³-hybridized carbons (Fsp3) is 1.00. The summed E-state index contributed by atoms with van der Waals surface area (Å²) in [6.07, 6.45) is 5.21. The molecular formula is C12H26N2. The van der Waals surface area contributed by atoms with Crippen LogP contribution < -0.4 is 5.73 Å². The van der Waals surface area contributed by atoms with Crippen molar-refractivity contribution >= 4 is 0 Å². The summed E-state index contributed by atoms with van der Waals surface area (Å²) in [5.41, 5.74) is 6.21. The van der Waals surface area contributed by atoms with E-state index in [9.17, 15) is 0 Å². The quantitative estimate of drug-likeness (QED) is 0.750. The number of nitrogens with zero attached hydrogens (tertiary/aromatic N) is 1.